The van der Waals surface area contributed by atoms with Crippen molar-refractivity contribution in [3.63, 3.8) is 0 Å². The predicted octanol–water partition coefficient (Wildman–Crippen LogP) is 7.95. The predicted molar refractivity (Wildman–Crippen MR) is 167 cm³/mol. The van der Waals surface area contributed by atoms with Crippen LogP contribution in [0.15, 0.2) is 36.4 Å². The van der Waals surface area contributed by atoms with Crippen LogP contribution in [0.3, 0.4) is 0 Å². The van der Waals surface area contributed by atoms with Crippen molar-refractivity contribution in [1.82, 2.24) is 0 Å². The zero-order valence-electron chi connectivity index (χ0n) is 26.3. The summed E-state index contributed by atoms with van der Waals surface area (Å²) in [7, 11) is 0. The van der Waals surface area contributed by atoms with Crippen molar-refractivity contribution < 1.29 is 19.8 Å². The molecule has 2 aliphatic rings. The number of hydrogen-bond acceptors (Lipinski definition) is 4. The van der Waals surface area contributed by atoms with Gasteiger partial charge in [-0.3, -0.25) is 9.59 Å². The molecule has 2 aliphatic carbocycles. The molecule has 4 nitrogen and oxygen atoms in total. The number of carbonyl (C=O) groups is 2. The number of aliphatic hydroxyl groups excluding tert-OH is 1. The maximum Gasteiger partial charge on any atom is 0.162 e. The Bertz CT molecular complexity index is 1230. The van der Waals surface area contributed by atoms with E-state index in [4.69, 9.17) is 0 Å². The first-order valence-electron chi connectivity index (χ1n) is 16.1. The van der Waals surface area contributed by atoms with Crippen LogP contribution in [0.5, 0.6) is 0 Å². The van der Waals surface area contributed by atoms with Crippen LogP contribution >= 0.6 is 0 Å². The van der Waals surface area contributed by atoms with E-state index in [0.29, 0.717) is 47.1 Å². The van der Waals surface area contributed by atoms with Gasteiger partial charge in [0.15, 0.2) is 5.78 Å². The first-order chi connectivity index (χ1) is 19.5. The van der Waals surface area contributed by atoms with Crippen molar-refractivity contribution in [3.8, 4) is 11.1 Å². The molecule has 2 aromatic carbocycles. The van der Waals surface area contributed by atoms with Gasteiger partial charge in [-0.05, 0) is 108 Å². The first kappa shape index (κ1) is 31.6. The summed E-state index contributed by atoms with van der Waals surface area (Å²) in [5, 5.41) is 23.2. The molecular weight excluding hydrogens is 508 g/mol. The van der Waals surface area contributed by atoms with Crippen molar-refractivity contribution in [3.05, 3.63) is 58.7 Å². The van der Waals surface area contributed by atoms with Gasteiger partial charge < -0.3 is 10.2 Å². The fourth-order valence-corrected chi connectivity index (χ4v) is 8.56. The summed E-state index contributed by atoms with van der Waals surface area (Å²) in [4.78, 5) is 24.0. The van der Waals surface area contributed by atoms with Crippen LogP contribution in [-0.4, -0.2) is 34.5 Å². The number of ketones is 1. The summed E-state index contributed by atoms with van der Waals surface area (Å²) >= 11 is 0. The lowest BCUT2D eigenvalue weighted by Crippen LogP contribution is -2.46. The average Bonchev–Trinajstić information content (AvgIpc) is 3.62. The summed E-state index contributed by atoms with van der Waals surface area (Å²) in [5.41, 5.74) is 4.57. The number of aldehydes is 1. The van der Waals surface area contributed by atoms with Crippen molar-refractivity contribution in [2.45, 2.75) is 92.6 Å². The molecule has 8 unspecified atom stereocenters. The maximum atomic E-state index is 12.5. The Kier molecular flexibility index (Phi) is 9.96. The van der Waals surface area contributed by atoms with Gasteiger partial charge in [-0.2, -0.15) is 0 Å². The fraction of sp³-hybridized carbons (Fsp3) is 0.622. The molecule has 8 atom stereocenters. The Morgan fingerprint density at radius 1 is 1.10 bits per heavy atom. The second kappa shape index (κ2) is 12.9. The Labute approximate surface area is 248 Å². The first-order valence-corrected chi connectivity index (χ1v) is 16.1. The van der Waals surface area contributed by atoms with E-state index in [1.165, 1.54) is 17.5 Å². The third-order valence-electron chi connectivity index (χ3n) is 10.7. The lowest BCUT2D eigenvalue weighted by molar-refractivity contribution is -0.0857. The van der Waals surface area contributed by atoms with E-state index in [-0.39, 0.29) is 30.1 Å². The molecule has 2 N–H and O–H groups in total. The summed E-state index contributed by atoms with van der Waals surface area (Å²) in [5.74, 6) is 2.88. The highest BCUT2D eigenvalue weighted by atomic mass is 16.3. The van der Waals surface area contributed by atoms with Gasteiger partial charge in [0.1, 0.15) is 6.29 Å². The van der Waals surface area contributed by atoms with E-state index >= 15 is 0 Å². The van der Waals surface area contributed by atoms with Crippen molar-refractivity contribution in [2.24, 2.45) is 47.3 Å². The largest absolute Gasteiger partial charge is 0.396 e. The quantitative estimate of drug-likeness (QED) is 0.193. The van der Waals surface area contributed by atoms with Crippen molar-refractivity contribution in [1.29, 1.82) is 0 Å². The topological polar surface area (TPSA) is 74.6 Å². The van der Waals surface area contributed by atoms with Crippen LogP contribution in [-0.2, 0) is 6.42 Å². The third kappa shape index (κ3) is 6.25. The van der Waals surface area contributed by atoms with Crippen LogP contribution in [0.2, 0.25) is 0 Å². The molecule has 0 spiro atoms. The number of rotatable bonds is 13. The minimum absolute atomic E-state index is 0.0321. The van der Waals surface area contributed by atoms with Gasteiger partial charge in [0.25, 0.3) is 0 Å². The number of benzene rings is 2. The van der Waals surface area contributed by atoms with Crippen molar-refractivity contribution >= 4 is 12.1 Å². The Balaban J connectivity index is 1.67. The van der Waals surface area contributed by atoms with E-state index in [0.717, 1.165) is 43.1 Å². The Morgan fingerprint density at radius 3 is 2.34 bits per heavy atom. The smallest absolute Gasteiger partial charge is 0.162 e. The molecule has 0 amide bonds. The molecule has 0 heterocycles. The zero-order valence-corrected chi connectivity index (χ0v) is 26.3. The van der Waals surface area contributed by atoms with Gasteiger partial charge in [-0.15, -0.1) is 0 Å². The molecule has 2 fully saturated rings. The zero-order chi connectivity index (χ0) is 30.1. The monoisotopic (exact) mass is 560 g/mol. The summed E-state index contributed by atoms with van der Waals surface area (Å²) in [6, 6.07) is 11.9. The third-order valence-corrected chi connectivity index (χ3v) is 10.7. The normalized spacial score (nSPS) is 30.0. The highest BCUT2D eigenvalue weighted by Gasteiger charge is 2.64. The number of carbonyl (C=O) groups excluding carboxylic acids is 2. The van der Waals surface area contributed by atoms with Gasteiger partial charge in [-0.25, -0.2) is 0 Å². The molecule has 0 bridgehead atoms. The molecule has 0 radical (unpaired) electrons. The minimum atomic E-state index is -0.850. The maximum absolute atomic E-state index is 12.5. The van der Waals surface area contributed by atoms with Crippen LogP contribution in [0.25, 0.3) is 11.1 Å². The lowest BCUT2D eigenvalue weighted by Gasteiger charge is -2.40. The number of hydrogen-bond donors (Lipinski definition) is 2. The fourth-order valence-electron chi connectivity index (χ4n) is 8.56. The van der Waals surface area contributed by atoms with Gasteiger partial charge in [-0.1, -0.05) is 72.6 Å². The summed E-state index contributed by atoms with van der Waals surface area (Å²) in [6.45, 7) is 15.4. The molecule has 0 aliphatic heterocycles. The molecule has 0 saturated heterocycles. The molecule has 41 heavy (non-hydrogen) atoms. The summed E-state index contributed by atoms with van der Waals surface area (Å²) in [6.07, 6.45) is 6.09. The molecule has 2 saturated carbocycles. The molecular formula is C37H52O4. The molecule has 0 aromatic heterocycles. The minimum Gasteiger partial charge on any atom is -0.396 e. The highest BCUT2D eigenvalue weighted by molar-refractivity contribution is 5.98. The molecule has 2 aromatic rings. The van der Waals surface area contributed by atoms with Crippen LogP contribution in [0.4, 0.5) is 0 Å². The van der Waals surface area contributed by atoms with Crippen LogP contribution in [0.1, 0.15) is 105 Å². The van der Waals surface area contributed by atoms with Crippen molar-refractivity contribution in [2.75, 3.05) is 6.61 Å². The van der Waals surface area contributed by atoms with E-state index in [1.54, 1.807) is 6.07 Å². The average molecular weight is 561 g/mol. The standard InChI is InChI=1S/C37H52O4/c1-8-10-13-37(41)32(21-39)34(22(3)4)35(31-16-24(31)6)36(37)25(7)15-27-11-12-28(14-23(27)5)29-17-26(20-38)18-30(19-29)33(40)9-2/h11-12,14,17-20,22,24-25,31-32,34-36,39,41H,8-10,13,15-16,21H2,1-7H3. The van der Waals surface area contributed by atoms with Crippen LogP contribution in [0, 0.1) is 54.3 Å². The number of unbranched alkanes of at least 4 members (excludes halogenated alkanes) is 1. The number of aliphatic hydroxyl groups is 2. The van der Waals surface area contributed by atoms with E-state index in [1.807, 2.05) is 19.1 Å². The SMILES string of the molecule is CCCCC1(O)C(CO)C(C(C)C)C(C2CC2C)C1C(C)Cc1ccc(-c2cc(C=O)cc(C(=O)CC)c2)cc1C. The van der Waals surface area contributed by atoms with Gasteiger partial charge in [0.2, 0.25) is 0 Å². The number of aryl methyl sites for hydroxylation is 1. The van der Waals surface area contributed by atoms with E-state index < -0.39 is 5.60 Å². The highest BCUT2D eigenvalue weighted by Crippen LogP contribution is 2.64. The second-order valence-corrected chi connectivity index (χ2v) is 13.7. The number of Topliss-reactive ketones (excluding diaryl/α,β-unsaturated/α-hetero) is 1. The molecule has 4 rings (SSSR count). The van der Waals surface area contributed by atoms with E-state index in [2.05, 4.69) is 59.7 Å². The van der Waals surface area contributed by atoms with Gasteiger partial charge in [0, 0.05) is 30.1 Å². The Hall–Kier alpha value is -2.30. The van der Waals surface area contributed by atoms with Gasteiger partial charge in [0.05, 0.1) is 5.60 Å². The van der Waals surface area contributed by atoms with Crippen LogP contribution < -0.4 is 0 Å². The molecule has 4 heteroatoms. The van der Waals surface area contributed by atoms with Gasteiger partial charge >= 0.3 is 0 Å². The molecule has 224 valence electrons. The Morgan fingerprint density at radius 2 is 1.80 bits per heavy atom. The summed E-state index contributed by atoms with van der Waals surface area (Å²) < 4.78 is 0. The second-order valence-electron chi connectivity index (χ2n) is 13.7. The lowest BCUT2D eigenvalue weighted by atomic mass is 9.69. The van der Waals surface area contributed by atoms with E-state index in [9.17, 15) is 19.8 Å².